The Kier molecular flexibility index (Phi) is 8.47. The van der Waals surface area contributed by atoms with Gasteiger partial charge >= 0.3 is 0 Å². The maximum absolute atomic E-state index is 11.8. The summed E-state index contributed by atoms with van der Waals surface area (Å²) in [6.45, 7) is 4.80. The zero-order chi connectivity index (χ0) is 15.6. The lowest BCUT2D eigenvalue weighted by molar-refractivity contribution is -0.119. The van der Waals surface area contributed by atoms with Crippen molar-refractivity contribution in [1.29, 1.82) is 0 Å². The Morgan fingerprint density at radius 2 is 1.90 bits per heavy atom. The third kappa shape index (κ3) is 6.53. The first-order valence-electron chi connectivity index (χ1n) is 7.65. The number of carbonyl (C=O) groups excluding carboxylic acids is 1. The monoisotopic (exact) mass is 309 g/mol. The van der Waals surface area contributed by atoms with Crippen molar-refractivity contribution in [3.63, 3.8) is 0 Å². The van der Waals surface area contributed by atoms with Crippen LogP contribution in [0.1, 0.15) is 32.3 Å². The third-order valence-electron chi connectivity index (χ3n) is 4.11. The summed E-state index contributed by atoms with van der Waals surface area (Å²) in [5.74, 6) is 1.50. The molecule has 0 saturated carbocycles. The van der Waals surface area contributed by atoms with Gasteiger partial charge in [-0.1, -0.05) is 44.2 Å². The molecular formula is C17H27NO2S. The maximum Gasteiger partial charge on any atom is 0.230 e. The molecule has 21 heavy (non-hydrogen) atoms. The lowest BCUT2D eigenvalue weighted by Crippen LogP contribution is -2.40. The molecule has 3 nitrogen and oxygen atoms in total. The molecule has 0 fully saturated rings. The number of rotatable bonds is 10. The average Bonchev–Trinajstić information content (AvgIpc) is 2.54. The van der Waals surface area contributed by atoms with Crippen molar-refractivity contribution in [3.05, 3.63) is 35.9 Å². The van der Waals surface area contributed by atoms with Gasteiger partial charge < -0.3 is 10.4 Å². The van der Waals surface area contributed by atoms with Crippen molar-refractivity contribution in [2.75, 3.05) is 24.7 Å². The van der Waals surface area contributed by atoms with Crippen molar-refractivity contribution < 1.29 is 9.90 Å². The highest BCUT2D eigenvalue weighted by Crippen LogP contribution is 2.24. The fourth-order valence-electron chi connectivity index (χ4n) is 2.12. The molecule has 0 aliphatic heterocycles. The van der Waals surface area contributed by atoms with Gasteiger partial charge in [0.2, 0.25) is 5.91 Å². The van der Waals surface area contributed by atoms with Crippen LogP contribution in [0.25, 0.3) is 0 Å². The quantitative estimate of drug-likeness (QED) is 0.653. The summed E-state index contributed by atoms with van der Waals surface area (Å²) in [5.41, 5.74) is 1.14. The number of aryl methyl sites for hydroxylation is 1. The number of carbonyl (C=O) groups is 1. The Hall–Kier alpha value is -1.00. The summed E-state index contributed by atoms with van der Waals surface area (Å²) in [5, 5.41) is 12.4. The van der Waals surface area contributed by atoms with Crippen molar-refractivity contribution in [1.82, 2.24) is 5.32 Å². The molecule has 0 atom stereocenters. The predicted octanol–water partition coefficient (Wildman–Crippen LogP) is 2.88. The molecule has 0 saturated heterocycles. The van der Waals surface area contributed by atoms with E-state index < -0.39 is 0 Å². The third-order valence-corrected chi connectivity index (χ3v) is 5.07. The van der Waals surface area contributed by atoms with Gasteiger partial charge in [-0.3, -0.25) is 4.79 Å². The second-order valence-corrected chi connectivity index (χ2v) is 6.54. The number of aliphatic hydroxyl groups excluding tert-OH is 1. The van der Waals surface area contributed by atoms with E-state index in [0.29, 0.717) is 12.3 Å². The van der Waals surface area contributed by atoms with Gasteiger partial charge in [-0.25, -0.2) is 0 Å². The minimum Gasteiger partial charge on any atom is -0.396 e. The molecule has 1 amide bonds. The molecule has 0 bridgehead atoms. The minimum absolute atomic E-state index is 0.0628. The summed E-state index contributed by atoms with van der Waals surface area (Å²) < 4.78 is 0. The molecule has 4 heteroatoms. The first-order valence-corrected chi connectivity index (χ1v) is 8.80. The molecular weight excluding hydrogens is 282 g/mol. The summed E-state index contributed by atoms with van der Waals surface area (Å²) in [7, 11) is 0. The van der Waals surface area contributed by atoms with Gasteiger partial charge in [0.15, 0.2) is 0 Å². The number of nitrogens with one attached hydrogen (secondary N) is 1. The van der Waals surface area contributed by atoms with Crippen LogP contribution >= 0.6 is 11.8 Å². The van der Waals surface area contributed by atoms with Crippen LogP contribution in [0.5, 0.6) is 0 Å². The van der Waals surface area contributed by atoms with E-state index in [1.165, 1.54) is 5.56 Å². The normalized spacial score (nSPS) is 11.4. The fraction of sp³-hybridized carbons (Fsp3) is 0.588. The predicted molar refractivity (Wildman–Crippen MR) is 90.6 cm³/mol. The second kappa shape index (κ2) is 9.85. The first-order chi connectivity index (χ1) is 10.2. The van der Waals surface area contributed by atoms with Gasteiger partial charge in [-0.2, -0.15) is 11.8 Å². The van der Waals surface area contributed by atoms with E-state index in [2.05, 4.69) is 31.3 Å². The highest BCUT2D eigenvalue weighted by Gasteiger charge is 2.25. The Labute approximate surface area is 132 Å². The van der Waals surface area contributed by atoms with Crippen molar-refractivity contribution in [2.24, 2.45) is 5.41 Å². The summed E-state index contributed by atoms with van der Waals surface area (Å²) in [4.78, 5) is 11.8. The molecule has 2 N–H and O–H groups in total. The number of aliphatic hydroxyl groups is 1. The maximum atomic E-state index is 11.8. The fourth-order valence-corrected chi connectivity index (χ4v) is 2.93. The molecule has 0 aliphatic rings. The van der Waals surface area contributed by atoms with Crippen LogP contribution < -0.4 is 5.32 Å². The SMILES string of the molecule is CCC(CC)(CO)CNC(=O)CSCCc1ccccc1. The lowest BCUT2D eigenvalue weighted by Gasteiger charge is -2.29. The van der Waals surface area contributed by atoms with Gasteiger partial charge in [0.25, 0.3) is 0 Å². The van der Waals surface area contributed by atoms with E-state index in [0.717, 1.165) is 25.0 Å². The Balaban J connectivity index is 2.19. The van der Waals surface area contributed by atoms with Crippen molar-refractivity contribution >= 4 is 17.7 Å². The van der Waals surface area contributed by atoms with Crippen LogP contribution in [0.3, 0.4) is 0 Å². The lowest BCUT2D eigenvalue weighted by atomic mass is 9.83. The van der Waals surface area contributed by atoms with E-state index >= 15 is 0 Å². The van der Waals surface area contributed by atoms with E-state index in [4.69, 9.17) is 0 Å². The van der Waals surface area contributed by atoms with E-state index in [1.54, 1.807) is 11.8 Å². The molecule has 0 heterocycles. The van der Waals surface area contributed by atoms with Crippen molar-refractivity contribution in [2.45, 2.75) is 33.1 Å². The van der Waals surface area contributed by atoms with Gasteiger partial charge in [-0.15, -0.1) is 0 Å². The molecule has 0 aliphatic carbocycles. The molecule has 1 aromatic carbocycles. The Morgan fingerprint density at radius 3 is 2.48 bits per heavy atom. The van der Waals surface area contributed by atoms with Gasteiger partial charge in [0.1, 0.15) is 0 Å². The molecule has 0 radical (unpaired) electrons. The topological polar surface area (TPSA) is 49.3 Å². The van der Waals surface area contributed by atoms with Gasteiger partial charge in [0.05, 0.1) is 12.4 Å². The zero-order valence-corrected chi connectivity index (χ0v) is 13.9. The van der Waals surface area contributed by atoms with E-state index in [9.17, 15) is 9.90 Å². The first kappa shape index (κ1) is 18.1. The zero-order valence-electron chi connectivity index (χ0n) is 13.1. The molecule has 0 aromatic heterocycles. The van der Waals surface area contributed by atoms with Crippen LogP contribution in [0.15, 0.2) is 30.3 Å². The largest absolute Gasteiger partial charge is 0.396 e. The van der Waals surface area contributed by atoms with Crippen LogP contribution in [-0.2, 0) is 11.2 Å². The number of hydrogen-bond acceptors (Lipinski definition) is 3. The highest BCUT2D eigenvalue weighted by molar-refractivity contribution is 7.99. The van der Waals surface area contributed by atoms with Crippen molar-refractivity contribution in [3.8, 4) is 0 Å². The number of amides is 1. The summed E-state index contributed by atoms with van der Waals surface area (Å²) >= 11 is 1.66. The highest BCUT2D eigenvalue weighted by atomic mass is 32.2. The van der Waals surface area contributed by atoms with E-state index in [-0.39, 0.29) is 17.9 Å². The van der Waals surface area contributed by atoms with Gasteiger partial charge in [0, 0.05) is 12.0 Å². The molecule has 118 valence electrons. The Bertz CT molecular complexity index is 396. The minimum atomic E-state index is -0.162. The van der Waals surface area contributed by atoms with E-state index in [1.807, 2.05) is 18.2 Å². The molecule has 0 unspecified atom stereocenters. The summed E-state index contributed by atoms with van der Waals surface area (Å²) in [6, 6.07) is 10.3. The number of benzene rings is 1. The van der Waals surface area contributed by atoms with Gasteiger partial charge in [-0.05, 0) is 30.6 Å². The Morgan fingerprint density at radius 1 is 1.24 bits per heavy atom. The number of hydrogen-bond donors (Lipinski definition) is 2. The van der Waals surface area contributed by atoms with Crippen LogP contribution in [0.2, 0.25) is 0 Å². The molecule has 1 aromatic rings. The van der Waals surface area contributed by atoms with Crippen LogP contribution in [0, 0.1) is 5.41 Å². The standard InChI is InChI=1S/C17H27NO2S/c1-3-17(4-2,14-19)13-18-16(20)12-21-11-10-15-8-6-5-7-9-15/h5-9,19H,3-4,10-14H2,1-2H3,(H,18,20). The molecule has 1 rings (SSSR count). The number of thioether (sulfide) groups is 1. The molecule has 0 spiro atoms. The second-order valence-electron chi connectivity index (χ2n) is 5.43. The smallest absolute Gasteiger partial charge is 0.230 e. The average molecular weight is 309 g/mol. The van der Waals surface area contributed by atoms with Crippen LogP contribution in [0.4, 0.5) is 0 Å². The summed E-state index contributed by atoms with van der Waals surface area (Å²) in [6.07, 6.45) is 2.74. The van der Waals surface area contributed by atoms with Crippen LogP contribution in [-0.4, -0.2) is 35.7 Å².